The molecule has 2 aromatic carbocycles. The Morgan fingerprint density at radius 2 is 1.75 bits per heavy atom. The third kappa shape index (κ3) is 6.30. The van der Waals surface area contributed by atoms with Gasteiger partial charge in [0.1, 0.15) is 0 Å². The van der Waals surface area contributed by atoms with Crippen molar-refractivity contribution in [2.75, 3.05) is 17.7 Å². The highest BCUT2D eigenvalue weighted by molar-refractivity contribution is 5.99. The molecule has 0 aliphatic rings. The zero-order valence-corrected chi connectivity index (χ0v) is 16.9. The monoisotopic (exact) mass is 448 g/mol. The largest absolute Gasteiger partial charge is 0.469 e. The molecular formula is C21H19F3N4O4. The summed E-state index contributed by atoms with van der Waals surface area (Å²) in [5, 5.41) is 12.8. The number of methoxy groups -OCH3 is 1. The fourth-order valence-electron chi connectivity index (χ4n) is 2.72. The number of hydrogen-bond acceptors (Lipinski definition) is 6. The summed E-state index contributed by atoms with van der Waals surface area (Å²) in [5.74, 6) is 0.342. The second-order valence-electron chi connectivity index (χ2n) is 6.67. The van der Waals surface area contributed by atoms with E-state index in [1.54, 1.807) is 24.3 Å². The number of carbonyl (C=O) groups excluding carboxylic acids is 2. The molecule has 1 heterocycles. The van der Waals surface area contributed by atoms with E-state index in [9.17, 15) is 22.8 Å². The Morgan fingerprint density at radius 3 is 2.44 bits per heavy atom. The van der Waals surface area contributed by atoms with Gasteiger partial charge in [0.05, 0.1) is 12.7 Å². The number of rotatable bonds is 7. The minimum absolute atomic E-state index is 0.0135. The minimum atomic E-state index is -4.50. The van der Waals surface area contributed by atoms with Gasteiger partial charge in [-0.05, 0) is 48.9 Å². The van der Waals surface area contributed by atoms with Crippen LogP contribution in [0.3, 0.4) is 0 Å². The number of aromatic nitrogens is 2. The molecule has 3 rings (SSSR count). The molecule has 2 N–H and O–H groups in total. The van der Waals surface area contributed by atoms with Gasteiger partial charge in [-0.1, -0.05) is 6.07 Å². The van der Waals surface area contributed by atoms with Crippen LogP contribution >= 0.6 is 0 Å². The molecule has 1 aromatic heterocycles. The third-order valence-corrected chi connectivity index (χ3v) is 4.30. The zero-order chi connectivity index (χ0) is 23.1. The van der Waals surface area contributed by atoms with E-state index in [4.69, 9.17) is 4.42 Å². The first kappa shape index (κ1) is 22.8. The molecule has 32 heavy (non-hydrogen) atoms. The lowest BCUT2D eigenvalue weighted by Gasteiger charge is -2.11. The smallest absolute Gasteiger partial charge is 0.416 e. The van der Waals surface area contributed by atoms with Crippen molar-refractivity contribution in [3.05, 3.63) is 60.0 Å². The van der Waals surface area contributed by atoms with E-state index < -0.39 is 17.8 Å². The van der Waals surface area contributed by atoms with Crippen molar-refractivity contribution in [2.24, 2.45) is 0 Å². The summed E-state index contributed by atoms with van der Waals surface area (Å²) in [4.78, 5) is 23.2. The Morgan fingerprint density at radius 1 is 1.03 bits per heavy atom. The van der Waals surface area contributed by atoms with Crippen LogP contribution in [0.5, 0.6) is 0 Å². The lowest BCUT2D eigenvalue weighted by atomic mass is 10.2. The van der Waals surface area contributed by atoms with Crippen molar-refractivity contribution in [2.45, 2.75) is 25.4 Å². The highest BCUT2D eigenvalue weighted by Gasteiger charge is 2.30. The number of halogens is 3. The van der Waals surface area contributed by atoms with Crippen LogP contribution in [0.2, 0.25) is 0 Å². The van der Waals surface area contributed by atoms with Gasteiger partial charge in [-0.3, -0.25) is 4.79 Å². The molecule has 0 bridgehead atoms. The number of carbonyl (C=O) groups is 2. The van der Waals surface area contributed by atoms with Gasteiger partial charge in [-0.2, -0.15) is 13.2 Å². The predicted molar refractivity (Wildman–Crippen MR) is 109 cm³/mol. The van der Waals surface area contributed by atoms with Crippen molar-refractivity contribution in [1.29, 1.82) is 0 Å². The van der Waals surface area contributed by atoms with Gasteiger partial charge in [0, 0.05) is 29.8 Å². The van der Waals surface area contributed by atoms with E-state index in [-0.39, 0.29) is 24.0 Å². The van der Waals surface area contributed by atoms with E-state index in [1.165, 1.54) is 19.2 Å². The Balaban J connectivity index is 1.56. The van der Waals surface area contributed by atoms with Gasteiger partial charge in [0.2, 0.25) is 11.8 Å². The van der Waals surface area contributed by atoms with Crippen LogP contribution in [-0.2, 0) is 22.1 Å². The average molecular weight is 448 g/mol. The fraction of sp³-hybridized carbons (Fsp3) is 0.238. The third-order valence-electron chi connectivity index (χ3n) is 4.30. The Kier molecular flexibility index (Phi) is 7.08. The summed E-state index contributed by atoms with van der Waals surface area (Å²) in [6, 6.07) is 10.1. The first-order chi connectivity index (χ1) is 15.2. The predicted octanol–water partition coefficient (Wildman–Crippen LogP) is 4.90. The summed E-state index contributed by atoms with van der Waals surface area (Å²) in [6.45, 7) is 0. The number of nitrogens with one attached hydrogen (secondary N) is 2. The molecule has 0 atom stereocenters. The zero-order valence-electron chi connectivity index (χ0n) is 16.9. The Hall–Kier alpha value is -3.89. The number of ether oxygens (including phenoxy) is 1. The number of amides is 2. The molecule has 0 spiro atoms. The van der Waals surface area contributed by atoms with Gasteiger partial charge in [0.25, 0.3) is 0 Å². The van der Waals surface area contributed by atoms with Crippen molar-refractivity contribution in [3.63, 3.8) is 0 Å². The van der Waals surface area contributed by atoms with Crippen molar-refractivity contribution >= 4 is 23.4 Å². The van der Waals surface area contributed by atoms with Gasteiger partial charge >= 0.3 is 18.2 Å². The van der Waals surface area contributed by atoms with Crippen LogP contribution in [-0.4, -0.2) is 29.3 Å². The number of alkyl halides is 3. The van der Waals surface area contributed by atoms with Gasteiger partial charge in [0.15, 0.2) is 0 Å². The normalized spacial score (nSPS) is 11.1. The second kappa shape index (κ2) is 9.94. The molecule has 0 saturated heterocycles. The second-order valence-corrected chi connectivity index (χ2v) is 6.67. The van der Waals surface area contributed by atoms with E-state index in [2.05, 4.69) is 25.6 Å². The fourth-order valence-corrected chi connectivity index (χ4v) is 2.72. The van der Waals surface area contributed by atoms with Gasteiger partial charge in [-0.25, -0.2) is 4.79 Å². The quantitative estimate of drug-likeness (QED) is 0.498. The Bertz CT molecular complexity index is 1080. The number of aryl methyl sites for hydroxylation is 1. The molecule has 3 aromatic rings. The van der Waals surface area contributed by atoms with Crippen LogP contribution < -0.4 is 10.6 Å². The number of benzene rings is 2. The molecule has 8 nitrogen and oxygen atoms in total. The molecule has 0 fully saturated rings. The maximum absolute atomic E-state index is 12.8. The number of hydrogen-bond donors (Lipinski definition) is 2. The van der Waals surface area contributed by atoms with E-state index in [0.717, 1.165) is 12.1 Å². The van der Waals surface area contributed by atoms with Crippen LogP contribution in [0.25, 0.3) is 11.5 Å². The first-order valence-electron chi connectivity index (χ1n) is 9.49. The highest BCUT2D eigenvalue weighted by Crippen LogP contribution is 2.30. The topological polar surface area (TPSA) is 106 Å². The van der Waals surface area contributed by atoms with E-state index in [1.807, 2.05) is 0 Å². The molecule has 0 aliphatic carbocycles. The number of nitrogens with zero attached hydrogens (tertiary/aromatic N) is 2. The van der Waals surface area contributed by atoms with Crippen molar-refractivity contribution in [3.8, 4) is 11.5 Å². The van der Waals surface area contributed by atoms with Crippen LogP contribution in [0.15, 0.2) is 52.9 Å². The average Bonchev–Trinajstić information content (AvgIpc) is 3.22. The maximum atomic E-state index is 12.8. The first-order valence-corrected chi connectivity index (χ1v) is 9.49. The lowest BCUT2D eigenvalue weighted by Crippen LogP contribution is -2.19. The summed E-state index contributed by atoms with van der Waals surface area (Å²) in [5.41, 5.74) is 0.181. The lowest BCUT2D eigenvalue weighted by molar-refractivity contribution is -0.140. The summed E-state index contributed by atoms with van der Waals surface area (Å²) in [6.07, 6.45) is -3.31. The number of urea groups is 1. The van der Waals surface area contributed by atoms with E-state index in [0.29, 0.717) is 30.0 Å². The molecule has 168 valence electrons. The summed E-state index contributed by atoms with van der Waals surface area (Å²) < 4.78 is 48.5. The standard InChI is InChI=1S/C21H19F3N4O4/c1-31-18(29)7-3-6-17-27-28-19(32-17)13-8-10-15(11-9-13)25-20(30)26-16-5-2-4-14(12-16)21(22,23)24/h2,4-5,8-12H,3,6-7H2,1H3,(H2,25,26,30). The maximum Gasteiger partial charge on any atom is 0.416 e. The molecule has 0 unspecified atom stereocenters. The van der Waals surface area contributed by atoms with Crippen molar-refractivity contribution < 1.29 is 31.9 Å². The minimum Gasteiger partial charge on any atom is -0.469 e. The number of esters is 1. The van der Waals surface area contributed by atoms with Crippen molar-refractivity contribution in [1.82, 2.24) is 10.2 Å². The SMILES string of the molecule is COC(=O)CCCc1nnc(-c2ccc(NC(=O)Nc3cccc(C(F)(F)F)c3)cc2)o1. The van der Waals surface area contributed by atoms with E-state index >= 15 is 0 Å². The van der Waals surface area contributed by atoms with Crippen LogP contribution in [0, 0.1) is 0 Å². The number of anilines is 2. The Labute approximate surface area is 180 Å². The molecular weight excluding hydrogens is 429 g/mol. The molecule has 11 heteroatoms. The van der Waals surface area contributed by atoms with Gasteiger partial charge in [-0.15, -0.1) is 10.2 Å². The highest BCUT2D eigenvalue weighted by atomic mass is 19.4. The molecule has 2 amide bonds. The summed E-state index contributed by atoms with van der Waals surface area (Å²) >= 11 is 0. The molecule has 0 saturated carbocycles. The van der Waals surface area contributed by atoms with Crippen LogP contribution in [0.4, 0.5) is 29.3 Å². The molecule has 0 aliphatic heterocycles. The summed E-state index contributed by atoms with van der Waals surface area (Å²) in [7, 11) is 1.32. The van der Waals surface area contributed by atoms with Gasteiger partial charge < -0.3 is 19.8 Å². The van der Waals surface area contributed by atoms with Crippen LogP contribution in [0.1, 0.15) is 24.3 Å². The molecule has 0 radical (unpaired) electrons.